The SMILES string of the molecule is C#CCCCC(CSC(C)CC)NCCC. The van der Waals surface area contributed by atoms with Crippen molar-refractivity contribution in [2.24, 2.45) is 0 Å². The summed E-state index contributed by atoms with van der Waals surface area (Å²) in [5.41, 5.74) is 0. The fourth-order valence-electron chi connectivity index (χ4n) is 1.44. The zero-order valence-electron chi connectivity index (χ0n) is 11.1. The lowest BCUT2D eigenvalue weighted by Gasteiger charge is -2.19. The monoisotopic (exact) mass is 241 g/mol. The van der Waals surface area contributed by atoms with Crippen LogP contribution in [0.5, 0.6) is 0 Å². The first-order valence-electron chi connectivity index (χ1n) is 6.53. The van der Waals surface area contributed by atoms with E-state index in [1.165, 1.54) is 25.0 Å². The van der Waals surface area contributed by atoms with E-state index in [-0.39, 0.29) is 0 Å². The lowest BCUT2D eigenvalue weighted by atomic mass is 10.1. The van der Waals surface area contributed by atoms with Gasteiger partial charge in [-0.25, -0.2) is 0 Å². The van der Waals surface area contributed by atoms with Gasteiger partial charge in [0.2, 0.25) is 0 Å². The van der Waals surface area contributed by atoms with Crippen molar-refractivity contribution in [1.29, 1.82) is 0 Å². The van der Waals surface area contributed by atoms with Gasteiger partial charge in [-0.2, -0.15) is 11.8 Å². The Hall–Kier alpha value is -0.130. The summed E-state index contributed by atoms with van der Waals surface area (Å²) in [7, 11) is 0. The second-order valence-corrected chi connectivity index (χ2v) is 5.77. The van der Waals surface area contributed by atoms with Crippen LogP contribution in [0.2, 0.25) is 0 Å². The summed E-state index contributed by atoms with van der Waals surface area (Å²) in [6.45, 7) is 7.91. The molecule has 0 aromatic heterocycles. The maximum absolute atomic E-state index is 5.28. The maximum atomic E-state index is 5.28. The smallest absolute Gasteiger partial charge is 0.0158 e. The van der Waals surface area contributed by atoms with Crippen molar-refractivity contribution in [3.8, 4) is 12.3 Å². The van der Waals surface area contributed by atoms with Crippen LogP contribution in [-0.4, -0.2) is 23.6 Å². The Morgan fingerprint density at radius 1 is 1.38 bits per heavy atom. The number of hydrogen-bond donors (Lipinski definition) is 1. The van der Waals surface area contributed by atoms with Gasteiger partial charge in [-0.3, -0.25) is 0 Å². The summed E-state index contributed by atoms with van der Waals surface area (Å²) in [5.74, 6) is 3.94. The summed E-state index contributed by atoms with van der Waals surface area (Å²) in [5, 5.41) is 4.39. The first kappa shape index (κ1) is 15.9. The second kappa shape index (κ2) is 11.4. The number of rotatable bonds is 10. The largest absolute Gasteiger partial charge is 0.313 e. The molecule has 0 aromatic carbocycles. The molecule has 0 aliphatic rings. The third-order valence-corrected chi connectivity index (χ3v) is 4.21. The van der Waals surface area contributed by atoms with Crippen molar-refractivity contribution >= 4 is 11.8 Å². The number of unbranched alkanes of at least 4 members (excludes halogenated alkanes) is 1. The van der Waals surface area contributed by atoms with Gasteiger partial charge in [-0.15, -0.1) is 12.3 Å². The molecule has 0 aliphatic carbocycles. The van der Waals surface area contributed by atoms with E-state index in [4.69, 9.17) is 6.42 Å². The molecule has 1 nitrogen and oxygen atoms in total. The van der Waals surface area contributed by atoms with Crippen LogP contribution < -0.4 is 5.32 Å². The van der Waals surface area contributed by atoms with Crippen LogP contribution in [0.4, 0.5) is 0 Å². The average molecular weight is 241 g/mol. The minimum Gasteiger partial charge on any atom is -0.313 e. The average Bonchev–Trinajstić information content (AvgIpc) is 2.31. The van der Waals surface area contributed by atoms with Gasteiger partial charge in [0, 0.05) is 23.5 Å². The number of terminal acetylenes is 1. The van der Waals surface area contributed by atoms with Crippen LogP contribution >= 0.6 is 11.8 Å². The molecule has 0 amide bonds. The summed E-state index contributed by atoms with van der Waals surface area (Å²) >= 11 is 2.08. The Morgan fingerprint density at radius 2 is 2.12 bits per heavy atom. The van der Waals surface area contributed by atoms with E-state index in [1.807, 2.05) is 0 Å². The van der Waals surface area contributed by atoms with Crippen LogP contribution in [0.25, 0.3) is 0 Å². The molecule has 1 N–H and O–H groups in total. The molecule has 0 saturated heterocycles. The molecule has 0 aromatic rings. The van der Waals surface area contributed by atoms with Gasteiger partial charge in [0.15, 0.2) is 0 Å². The zero-order chi connectivity index (χ0) is 12.2. The van der Waals surface area contributed by atoms with Gasteiger partial charge in [-0.1, -0.05) is 20.8 Å². The maximum Gasteiger partial charge on any atom is 0.0158 e. The highest BCUT2D eigenvalue weighted by atomic mass is 32.2. The predicted molar refractivity (Wildman–Crippen MR) is 77.0 cm³/mol. The molecule has 2 unspecified atom stereocenters. The van der Waals surface area contributed by atoms with E-state index in [0.717, 1.165) is 24.6 Å². The van der Waals surface area contributed by atoms with E-state index in [1.54, 1.807) is 0 Å². The predicted octanol–water partition coefficient (Wildman–Crippen LogP) is 3.69. The van der Waals surface area contributed by atoms with E-state index in [2.05, 4.69) is 43.8 Å². The van der Waals surface area contributed by atoms with Crippen molar-refractivity contribution < 1.29 is 0 Å². The highest BCUT2D eigenvalue weighted by molar-refractivity contribution is 7.99. The van der Waals surface area contributed by atoms with E-state index in [0.29, 0.717) is 6.04 Å². The van der Waals surface area contributed by atoms with Gasteiger partial charge in [0.1, 0.15) is 0 Å². The standard InChI is InChI=1S/C14H27NS/c1-5-8-9-10-14(15-11-6-2)12-16-13(4)7-3/h1,13-15H,6-12H2,2-4H3. The topological polar surface area (TPSA) is 12.0 Å². The van der Waals surface area contributed by atoms with Gasteiger partial charge in [0.05, 0.1) is 0 Å². The minimum atomic E-state index is 0.646. The third-order valence-electron chi connectivity index (χ3n) is 2.71. The van der Waals surface area contributed by atoms with Crippen molar-refractivity contribution in [1.82, 2.24) is 5.32 Å². The molecule has 16 heavy (non-hydrogen) atoms. The molecule has 0 aliphatic heterocycles. The summed E-state index contributed by atoms with van der Waals surface area (Å²) < 4.78 is 0. The number of thioether (sulfide) groups is 1. The summed E-state index contributed by atoms with van der Waals surface area (Å²) in [6, 6.07) is 0.646. The molecule has 2 atom stereocenters. The quantitative estimate of drug-likeness (QED) is 0.462. The Morgan fingerprint density at radius 3 is 2.69 bits per heavy atom. The van der Waals surface area contributed by atoms with E-state index >= 15 is 0 Å². The molecular formula is C14H27NS. The molecule has 0 spiro atoms. The molecule has 94 valence electrons. The third kappa shape index (κ3) is 9.12. The van der Waals surface area contributed by atoms with Crippen molar-refractivity contribution in [2.45, 2.75) is 64.2 Å². The lowest BCUT2D eigenvalue weighted by molar-refractivity contribution is 0.507. The Labute approximate surface area is 106 Å². The van der Waals surface area contributed by atoms with Crippen LogP contribution in [0.3, 0.4) is 0 Å². The molecule has 0 rings (SSSR count). The molecule has 0 radical (unpaired) electrons. The van der Waals surface area contributed by atoms with E-state index < -0.39 is 0 Å². The normalized spacial score (nSPS) is 14.4. The Balaban J connectivity index is 3.76. The molecule has 0 bridgehead atoms. The summed E-state index contributed by atoms with van der Waals surface area (Å²) in [4.78, 5) is 0. The fourth-order valence-corrected chi connectivity index (χ4v) is 2.52. The van der Waals surface area contributed by atoms with E-state index in [9.17, 15) is 0 Å². The first-order valence-corrected chi connectivity index (χ1v) is 7.57. The van der Waals surface area contributed by atoms with Crippen LogP contribution in [-0.2, 0) is 0 Å². The fraction of sp³-hybridized carbons (Fsp3) is 0.857. The van der Waals surface area contributed by atoms with Gasteiger partial charge in [-0.05, 0) is 32.2 Å². The number of nitrogens with one attached hydrogen (secondary N) is 1. The van der Waals surface area contributed by atoms with Crippen molar-refractivity contribution in [3.05, 3.63) is 0 Å². The highest BCUT2D eigenvalue weighted by Crippen LogP contribution is 2.16. The van der Waals surface area contributed by atoms with Crippen LogP contribution in [0, 0.1) is 12.3 Å². The molecule has 0 fully saturated rings. The van der Waals surface area contributed by atoms with Gasteiger partial charge in [0.25, 0.3) is 0 Å². The Bertz CT molecular complexity index is 186. The first-order chi connectivity index (χ1) is 7.74. The van der Waals surface area contributed by atoms with Crippen LogP contribution in [0.15, 0.2) is 0 Å². The second-order valence-electron chi connectivity index (χ2n) is 4.30. The highest BCUT2D eigenvalue weighted by Gasteiger charge is 2.09. The van der Waals surface area contributed by atoms with Gasteiger partial charge < -0.3 is 5.32 Å². The molecular weight excluding hydrogens is 214 g/mol. The van der Waals surface area contributed by atoms with Crippen molar-refractivity contribution in [2.75, 3.05) is 12.3 Å². The zero-order valence-corrected chi connectivity index (χ0v) is 11.9. The van der Waals surface area contributed by atoms with Crippen molar-refractivity contribution in [3.63, 3.8) is 0 Å². The summed E-state index contributed by atoms with van der Waals surface area (Å²) in [6.07, 6.45) is 11.0. The molecule has 0 saturated carbocycles. The van der Waals surface area contributed by atoms with Gasteiger partial charge >= 0.3 is 0 Å². The number of hydrogen-bond acceptors (Lipinski definition) is 2. The molecule has 2 heteroatoms. The minimum absolute atomic E-state index is 0.646. The van der Waals surface area contributed by atoms with Crippen LogP contribution in [0.1, 0.15) is 52.9 Å². The molecule has 0 heterocycles. The lowest BCUT2D eigenvalue weighted by Crippen LogP contribution is -2.32. The Kier molecular flexibility index (Phi) is 11.3.